The first-order chi connectivity index (χ1) is 13.3. The molecule has 4 rings (SSSR count). The average Bonchev–Trinajstić information content (AvgIpc) is 2.73. The maximum Gasteiger partial charge on any atom is 0.338 e. The number of benzene rings is 3. The van der Waals surface area contributed by atoms with Crippen LogP contribution in [0.4, 0.5) is 11.4 Å². The summed E-state index contributed by atoms with van der Waals surface area (Å²) in [6, 6.07) is 24.9. The molecule has 4 nitrogen and oxygen atoms in total. The molecule has 0 aliphatic heterocycles. The van der Waals surface area contributed by atoms with Crippen LogP contribution in [0.2, 0.25) is 0 Å². The number of azo groups is 1. The van der Waals surface area contributed by atoms with Crippen molar-refractivity contribution in [3.05, 3.63) is 95.6 Å². The predicted molar refractivity (Wildman–Crippen MR) is 105 cm³/mol. The number of hydrogen-bond donors (Lipinski definition) is 0. The summed E-state index contributed by atoms with van der Waals surface area (Å²) in [6.45, 7) is 0. The van der Waals surface area contributed by atoms with Gasteiger partial charge in [0.1, 0.15) is 6.10 Å². The van der Waals surface area contributed by atoms with Crippen molar-refractivity contribution in [2.24, 2.45) is 10.2 Å². The molecule has 0 aromatic heterocycles. The lowest BCUT2D eigenvalue weighted by Crippen LogP contribution is -2.25. The minimum atomic E-state index is -0.286. The van der Waals surface area contributed by atoms with Crippen molar-refractivity contribution >= 4 is 17.3 Å². The molecule has 1 aliphatic carbocycles. The van der Waals surface area contributed by atoms with E-state index in [9.17, 15) is 4.79 Å². The number of carbonyl (C=O) groups excluding carboxylic acids is 1. The number of hydrogen-bond acceptors (Lipinski definition) is 4. The van der Waals surface area contributed by atoms with Crippen molar-refractivity contribution in [2.45, 2.75) is 25.4 Å². The van der Waals surface area contributed by atoms with Crippen molar-refractivity contribution < 1.29 is 9.53 Å². The van der Waals surface area contributed by atoms with Gasteiger partial charge in [-0.1, -0.05) is 42.5 Å². The minimum Gasteiger partial charge on any atom is -0.458 e. The summed E-state index contributed by atoms with van der Waals surface area (Å²) >= 11 is 0. The van der Waals surface area contributed by atoms with Crippen LogP contribution < -0.4 is 0 Å². The minimum absolute atomic E-state index is 0.0650. The fourth-order valence-corrected chi connectivity index (χ4v) is 3.26. The number of aryl methyl sites for hydroxylation is 1. The van der Waals surface area contributed by atoms with Crippen LogP contribution in [0.15, 0.2) is 89.1 Å². The van der Waals surface area contributed by atoms with Crippen LogP contribution in [0.3, 0.4) is 0 Å². The Morgan fingerprint density at radius 1 is 0.778 bits per heavy atom. The second-order valence-corrected chi connectivity index (χ2v) is 6.62. The maximum atomic E-state index is 12.4. The number of nitrogens with zero attached hydrogens (tertiary/aromatic N) is 2. The average molecular weight is 356 g/mol. The van der Waals surface area contributed by atoms with Crippen LogP contribution in [-0.2, 0) is 17.6 Å². The first kappa shape index (κ1) is 17.2. The highest BCUT2D eigenvalue weighted by Gasteiger charge is 2.22. The smallest absolute Gasteiger partial charge is 0.338 e. The second-order valence-electron chi connectivity index (χ2n) is 6.62. The molecular weight excluding hydrogens is 336 g/mol. The van der Waals surface area contributed by atoms with Gasteiger partial charge in [-0.05, 0) is 60.4 Å². The Morgan fingerprint density at radius 3 is 2.15 bits per heavy atom. The zero-order valence-electron chi connectivity index (χ0n) is 14.9. The standard InChI is InChI=1S/C23H20N2O2/c26-23(27-22-15-12-17-6-4-5-7-19(17)16-22)18-10-13-21(14-11-18)25-24-20-8-2-1-3-9-20/h1-11,13-14,22H,12,15-16H2/t22-/m0/s1. The first-order valence-electron chi connectivity index (χ1n) is 9.12. The summed E-state index contributed by atoms with van der Waals surface area (Å²) < 4.78 is 5.71. The lowest BCUT2D eigenvalue weighted by atomic mass is 9.90. The predicted octanol–water partition coefficient (Wildman–Crippen LogP) is 5.82. The largest absolute Gasteiger partial charge is 0.458 e. The molecule has 3 aromatic carbocycles. The van der Waals surface area contributed by atoms with E-state index in [1.165, 1.54) is 11.1 Å². The van der Waals surface area contributed by atoms with E-state index in [0.29, 0.717) is 11.3 Å². The zero-order chi connectivity index (χ0) is 18.5. The highest BCUT2D eigenvalue weighted by molar-refractivity contribution is 5.89. The van der Waals surface area contributed by atoms with Gasteiger partial charge >= 0.3 is 5.97 Å². The lowest BCUT2D eigenvalue weighted by molar-refractivity contribution is 0.0271. The molecule has 0 saturated carbocycles. The van der Waals surface area contributed by atoms with E-state index in [-0.39, 0.29) is 12.1 Å². The second kappa shape index (κ2) is 7.96. The topological polar surface area (TPSA) is 51.0 Å². The Labute approximate surface area is 158 Å². The quantitative estimate of drug-likeness (QED) is 0.437. The fourth-order valence-electron chi connectivity index (χ4n) is 3.26. The SMILES string of the molecule is O=C(O[C@H]1CCc2ccccc2C1)c1ccc(N=Nc2ccccc2)cc1. The summed E-state index contributed by atoms with van der Waals surface area (Å²) in [5.74, 6) is -0.286. The van der Waals surface area contributed by atoms with Gasteiger partial charge in [-0.25, -0.2) is 4.79 Å². The van der Waals surface area contributed by atoms with Gasteiger partial charge in [0.15, 0.2) is 0 Å². The molecule has 0 heterocycles. The molecule has 0 bridgehead atoms. The van der Waals surface area contributed by atoms with E-state index >= 15 is 0 Å². The van der Waals surface area contributed by atoms with Crippen LogP contribution in [0.1, 0.15) is 27.9 Å². The van der Waals surface area contributed by atoms with Crippen molar-refractivity contribution in [3.63, 3.8) is 0 Å². The van der Waals surface area contributed by atoms with Crippen molar-refractivity contribution in [1.82, 2.24) is 0 Å². The molecule has 0 unspecified atom stereocenters. The molecule has 0 fully saturated rings. The van der Waals surface area contributed by atoms with E-state index in [1.54, 1.807) is 24.3 Å². The molecule has 1 atom stereocenters. The van der Waals surface area contributed by atoms with E-state index in [1.807, 2.05) is 36.4 Å². The normalized spacial score (nSPS) is 16.1. The Kier molecular flexibility index (Phi) is 5.06. The number of fused-ring (bicyclic) bond motifs is 1. The number of esters is 1. The Balaban J connectivity index is 1.38. The number of ether oxygens (including phenoxy) is 1. The maximum absolute atomic E-state index is 12.4. The number of rotatable bonds is 4. The van der Waals surface area contributed by atoms with Crippen LogP contribution in [0, 0.1) is 0 Å². The van der Waals surface area contributed by atoms with E-state index in [0.717, 1.165) is 24.9 Å². The monoisotopic (exact) mass is 356 g/mol. The Bertz CT molecular complexity index is 950. The third kappa shape index (κ3) is 4.29. The molecular formula is C23H20N2O2. The van der Waals surface area contributed by atoms with E-state index < -0.39 is 0 Å². The van der Waals surface area contributed by atoms with Gasteiger partial charge in [-0.2, -0.15) is 10.2 Å². The zero-order valence-corrected chi connectivity index (χ0v) is 14.9. The van der Waals surface area contributed by atoms with Crippen molar-refractivity contribution in [2.75, 3.05) is 0 Å². The van der Waals surface area contributed by atoms with Crippen LogP contribution in [0.25, 0.3) is 0 Å². The third-order valence-corrected chi connectivity index (χ3v) is 4.72. The van der Waals surface area contributed by atoms with Gasteiger partial charge in [-0.15, -0.1) is 0 Å². The summed E-state index contributed by atoms with van der Waals surface area (Å²) in [5, 5.41) is 8.37. The third-order valence-electron chi connectivity index (χ3n) is 4.72. The van der Waals surface area contributed by atoms with Gasteiger partial charge in [-0.3, -0.25) is 0 Å². The molecule has 0 amide bonds. The summed E-state index contributed by atoms with van der Waals surface area (Å²) in [5.41, 5.74) is 4.66. The summed E-state index contributed by atoms with van der Waals surface area (Å²) in [4.78, 5) is 12.4. The fraction of sp³-hybridized carbons (Fsp3) is 0.174. The lowest BCUT2D eigenvalue weighted by Gasteiger charge is -2.24. The van der Waals surface area contributed by atoms with Gasteiger partial charge < -0.3 is 4.74 Å². The van der Waals surface area contributed by atoms with Crippen molar-refractivity contribution in [3.8, 4) is 0 Å². The Morgan fingerprint density at radius 2 is 1.41 bits per heavy atom. The summed E-state index contributed by atoms with van der Waals surface area (Å²) in [6.07, 6.45) is 2.54. The molecule has 0 saturated heterocycles. The van der Waals surface area contributed by atoms with Crippen molar-refractivity contribution in [1.29, 1.82) is 0 Å². The Hall–Kier alpha value is -3.27. The first-order valence-corrected chi connectivity index (χ1v) is 9.12. The van der Waals surface area contributed by atoms with Gasteiger partial charge in [0.05, 0.1) is 16.9 Å². The molecule has 4 heteroatoms. The van der Waals surface area contributed by atoms with E-state index in [2.05, 4.69) is 28.4 Å². The molecule has 27 heavy (non-hydrogen) atoms. The van der Waals surface area contributed by atoms with Crippen LogP contribution >= 0.6 is 0 Å². The van der Waals surface area contributed by atoms with Crippen LogP contribution in [0.5, 0.6) is 0 Å². The number of carbonyl (C=O) groups is 1. The molecule has 0 N–H and O–H groups in total. The molecule has 0 spiro atoms. The highest BCUT2D eigenvalue weighted by Crippen LogP contribution is 2.24. The molecule has 134 valence electrons. The molecule has 3 aromatic rings. The van der Waals surface area contributed by atoms with Gasteiger partial charge in [0, 0.05) is 6.42 Å². The molecule has 1 aliphatic rings. The highest BCUT2D eigenvalue weighted by atomic mass is 16.5. The van der Waals surface area contributed by atoms with Gasteiger partial charge in [0.2, 0.25) is 0 Å². The van der Waals surface area contributed by atoms with Gasteiger partial charge in [0.25, 0.3) is 0 Å². The summed E-state index contributed by atoms with van der Waals surface area (Å²) in [7, 11) is 0. The molecule has 0 radical (unpaired) electrons. The van der Waals surface area contributed by atoms with Crippen LogP contribution in [-0.4, -0.2) is 12.1 Å². The van der Waals surface area contributed by atoms with E-state index in [4.69, 9.17) is 4.74 Å².